The highest BCUT2D eigenvalue weighted by Crippen LogP contribution is 2.21. The van der Waals surface area contributed by atoms with E-state index in [4.69, 9.17) is 11.6 Å². The fourth-order valence-corrected chi connectivity index (χ4v) is 3.31. The van der Waals surface area contributed by atoms with Gasteiger partial charge < -0.3 is 10.6 Å². The molecular weight excluding hydrogens is 268 g/mol. The molecule has 0 saturated carbocycles. The van der Waals surface area contributed by atoms with Crippen LogP contribution in [0.25, 0.3) is 0 Å². The number of amides is 1. The molecule has 1 aromatic heterocycles. The summed E-state index contributed by atoms with van der Waals surface area (Å²) in [7, 11) is 0. The Labute approximate surface area is 117 Å². The molecule has 2 atom stereocenters. The van der Waals surface area contributed by atoms with E-state index >= 15 is 0 Å². The van der Waals surface area contributed by atoms with Crippen LogP contribution in [0.2, 0.25) is 4.34 Å². The summed E-state index contributed by atoms with van der Waals surface area (Å²) in [6.45, 7) is 3.83. The van der Waals surface area contributed by atoms with E-state index in [2.05, 4.69) is 17.6 Å². The Morgan fingerprint density at radius 3 is 3.11 bits per heavy atom. The number of piperidine rings is 1. The van der Waals surface area contributed by atoms with Crippen molar-refractivity contribution in [2.24, 2.45) is 5.92 Å². The van der Waals surface area contributed by atoms with Crippen molar-refractivity contribution in [3.8, 4) is 0 Å². The minimum atomic E-state index is -0.0133. The molecule has 1 saturated heterocycles. The number of hydrogen-bond acceptors (Lipinski definition) is 3. The van der Waals surface area contributed by atoms with Gasteiger partial charge >= 0.3 is 0 Å². The highest BCUT2D eigenvalue weighted by Gasteiger charge is 2.23. The molecule has 2 heterocycles. The first-order chi connectivity index (χ1) is 8.65. The van der Waals surface area contributed by atoms with Gasteiger partial charge in [-0.2, -0.15) is 0 Å². The minimum absolute atomic E-state index is 0.0133. The van der Waals surface area contributed by atoms with Gasteiger partial charge in [-0.25, -0.2) is 0 Å². The Hall–Kier alpha value is -0.580. The van der Waals surface area contributed by atoms with Gasteiger partial charge in [-0.05, 0) is 43.9 Å². The first-order valence-corrected chi connectivity index (χ1v) is 7.60. The van der Waals surface area contributed by atoms with Crippen LogP contribution in [-0.2, 0) is 11.2 Å². The lowest BCUT2D eigenvalue weighted by Crippen LogP contribution is -2.48. The first-order valence-electron chi connectivity index (χ1n) is 6.40. The van der Waals surface area contributed by atoms with Gasteiger partial charge in [0.1, 0.15) is 0 Å². The molecule has 1 aliphatic heterocycles. The van der Waals surface area contributed by atoms with E-state index in [1.165, 1.54) is 4.88 Å². The maximum atomic E-state index is 11.9. The standard InChI is InChI=1S/C13H19ClN2OS/c1-9-4-6-15-11(8-9)13(17)16-7-5-10-2-3-12(14)18-10/h2-3,9,11,15H,4-8H2,1H3,(H,16,17). The quantitative estimate of drug-likeness (QED) is 0.893. The number of rotatable bonds is 4. The van der Waals surface area contributed by atoms with E-state index in [0.29, 0.717) is 12.5 Å². The van der Waals surface area contributed by atoms with E-state index in [-0.39, 0.29) is 11.9 Å². The van der Waals surface area contributed by atoms with Crippen molar-refractivity contribution in [2.75, 3.05) is 13.1 Å². The van der Waals surface area contributed by atoms with Crippen molar-refractivity contribution < 1.29 is 4.79 Å². The van der Waals surface area contributed by atoms with E-state index < -0.39 is 0 Å². The Morgan fingerprint density at radius 1 is 1.61 bits per heavy atom. The molecule has 5 heteroatoms. The van der Waals surface area contributed by atoms with Gasteiger partial charge in [-0.3, -0.25) is 4.79 Å². The van der Waals surface area contributed by atoms with Crippen LogP contribution in [0.4, 0.5) is 0 Å². The fraction of sp³-hybridized carbons (Fsp3) is 0.615. The smallest absolute Gasteiger partial charge is 0.237 e. The van der Waals surface area contributed by atoms with Crippen LogP contribution in [0.5, 0.6) is 0 Å². The Balaban J connectivity index is 1.71. The average Bonchev–Trinajstić information content (AvgIpc) is 2.75. The second-order valence-electron chi connectivity index (χ2n) is 4.88. The monoisotopic (exact) mass is 286 g/mol. The SMILES string of the molecule is CC1CCNC(C(=O)NCCc2ccc(Cl)s2)C1. The van der Waals surface area contributed by atoms with Gasteiger partial charge in [0.25, 0.3) is 0 Å². The van der Waals surface area contributed by atoms with Crippen molar-refractivity contribution in [3.63, 3.8) is 0 Å². The van der Waals surface area contributed by atoms with Crippen molar-refractivity contribution in [3.05, 3.63) is 21.3 Å². The van der Waals surface area contributed by atoms with Gasteiger partial charge in [0.05, 0.1) is 10.4 Å². The summed E-state index contributed by atoms with van der Waals surface area (Å²) < 4.78 is 0.805. The molecule has 2 N–H and O–H groups in total. The highest BCUT2D eigenvalue weighted by molar-refractivity contribution is 7.16. The molecule has 0 radical (unpaired) electrons. The highest BCUT2D eigenvalue weighted by atomic mass is 35.5. The number of halogens is 1. The second-order valence-corrected chi connectivity index (χ2v) is 6.68. The largest absolute Gasteiger partial charge is 0.354 e. The van der Waals surface area contributed by atoms with Crippen molar-refractivity contribution in [1.82, 2.24) is 10.6 Å². The lowest BCUT2D eigenvalue weighted by Gasteiger charge is -2.27. The minimum Gasteiger partial charge on any atom is -0.354 e. The molecule has 18 heavy (non-hydrogen) atoms. The molecule has 2 rings (SSSR count). The summed E-state index contributed by atoms with van der Waals surface area (Å²) in [5.41, 5.74) is 0. The molecule has 100 valence electrons. The molecule has 1 fully saturated rings. The maximum Gasteiger partial charge on any atom is 0.237 e. The third-order valence-corrected chi connectivity index (χ3v) is 4.57. The van der Waals surface area contributed by atoms with Crippen molar-refractivity contribution in [1.29, 1.82) is 0 Å². The molecule has 1 aromatic rings. The van der Waals surface area contributed by atoms with Crippen LogP contribution >= 0.6 is 22.9 Å². The molecule has 0 aromatic carbocycles. The predicted molar refractivity (Wildman–Crippen MR) is 76.2 cm³/mol. The first kappa shape index (κ1) is 13.8. The van der Waals surface area contributed by atoms with Crippen molar-refractivity contribution >= 4 is 28.8 Å². The Morgan fingerprint density at radius 2 is 2.44 bits per heavy atom. The van der Waals surface area contributed by atoms with Gasteiger partial charge in [0.2, 0.25) is 5.91 Å². The van der Waals surface area contributed by atoms with Crippen LogP contribution in [0.15, 0.2) is 12.1 Å². The summed E-state index contributed by atoms with van der Waals surface area (Å²) in [6.07, 6.45) is 2.96. The second kappa shape index (κ2) is 6.55. The normalized spacial score (nSPS) is 23.9. The van der Waals surface area contributed by atoms with E-state index in [0.717, 1.165) is 30.1 Å². The summed E-state index contributed by atoms with van der Waals surface area (Å²) >= 11 is 7.43. The molecule has 0 bridgehead atoms. The zero-order chi connectivity index (χ0) is 13.0. The molecule has 0 spiro atoms. The molecule has 1 aliphatic rings. The number of carbonyl (C=O) groups excluding carboxylic acids is 1. The van der Waals surface area contributed by atoms with Gasteiger partial charge in [0, 0.05) is 11.4 Å². The molecule has 2 unspecified atom stereocenters. The fourth-order valence-electron chi connectivity index (χ4n) is 2.23. The maximum absolute atomic E-state index is 11.9. The van der Waals surface area contributed by atoms with Crippen LogP contribution in [0, 0.1) is 5.92 Å². The Kier molecular flexibility index (Phi) is 5.03. The zero-order valence-corrected chi connectivity index (χ0v) is 12.1. The summed E-state index contributed by atoms with van der Waals surface area (Å²) in [5, 5.41) is 6.26. The zero-order valence-electron chi connectivity index (χ0n) is 10.5. The third-order valence-electron chi connectivity index (χ3n) is 3.28. The summed E-state index contributed by atoms with van der Waals surface area (Å²) in [6, 6.07) is 3.90. The van der Waals surface area contributed by atoms with Crippen LogP contribution < -0.4 is 10.6 Å². The number of nitrogens with one attached hydrogen (secondary N) is 2. The Bertz CT molecular complexity index is 407. The van der Waals surface area contributed by atoms with Gasteiger partial charge in [-0.1, -0.05) is 18.5 Å². The topological polar surface area (TPSA) is 41.1 Å². The molecule has 1 amide bonds. The van der Waals surface area contributed by atoms with E-state index in [1.54, 1.807) is 11.3 Å². The van der Waals surface area contributed by atoms with Crippen molar-refractivity contribution in [2.45, 2.75) is 32.2 Å². The molecule has 0 aliphatic carbocycles. The van der Waals surface area contributed by atoms with E-state index in [9.17, 15) is 4.79 Å². The third kappa shape index (κ3) is 3.97. The molecule has 3 nitrogen and oxygen atoms in total. The van der Waals surface area contributed by atoms with Gasteiger partial charge in [0.15, 0.2) is 0 Å². The van der Waals surface area contributed by atoms with Gasteiger partial charge in [-0.15, -0.1) is 11.3 Å². The lowest BCUT2D eigenvalue weighted by atomic mass is 9.94. The predicted octanol–water partition coefficient (Wildman–Crippen LogP) is 2.45. The number of hydrogen-bond donors (Lipinski definition) is 2. The number of thiophene rings is 1. The lowest BCUT2D eigenvalue weighted by molar-refractivity contribution is -0.123. The number of carbonyl (C=O) groups is 1. The summed E-state index contributed by atoms with van der Waals surface area (Å²) in [5.74, 6) is 0.766. The molecular formula is C13H19ClN2OS. The summed E-state index contributed by atoms with van der Waals surface area (Å²) in [4.78, 5) is 13.2. The van der Waals surface area contributed by atoms with E-state index in [1.807, 2.05) is 12.1 Å². The average molecular weight is 287 g/mol. The van der Waals surface area contributed by atoms with Crippen LogP contribution in [-0.4, -0.2) is 25.0 Å². The van der Waals surface area contributed by atoms with Crippen LogP contribution in [0.3, 0.4) is 0 Å². The van der Waals surface area contributed by atoms with Crippen LogP contribution in [0.1, 0.15) is 24.6 Å².